The van der Waals surface area contributed by atoms with Gasteiger partial charge in [0.05, 0.1) is 11.2 Å². The minimum Gasteiger partial charge on any atom is -0.339 e. The van der Waals surface area contributed by atoms with Crippen LogP contribution in [0.5, 0.6) is 0 Å². The molecule has 0 spiro atoms. The Morgan fingerprint density at radius 3 is 2.26 bits per heavy atom. The van der Waals surface area contributed by atoms with Crippen molar-refractivity contribution in [1.82, 2.24) is 4.57 Å². The highest BCUT2D eigenvalue weighted by molar-refractivity contribution is 6.15. The highest BCUT2D eigenvalue weighted by Gasteiger charge is 2.22. The Labute approximate surface area is 155 Å². The number of carbonyl (C=O) groups excluding carboxylic acids is 1. The molecule has 3 aromatic carbocycles. The maximum absolute atomic E-state index is 13.1. The molecule has 0 aliphatic rings. The number of rotatable bonds is 4. The molecule has 0 N–H and O–H groups in total. The molecule has 27 heavy (non-hydrogen) atoms. The fourth-order valence-corrected chi connectivity index (χ4v) is 3.08. The van der Waals surface area contributed by atoms with E-state index in [-0.39, 0.29) is 11.6 Å². The molecule has 0 fully saturated rings. The van der Waals surface area contributed by atoms with Gasteiger partial charge in [0.2, 0.25) is 5.78 Å². The fraction of sp³-hybridized carbons (Fsp3) is 0.0455. The van der Waals surface area contributed by atoms with Crippen molar-refractivity contribution in [2.24, 2.45) is 17.3 Å². The van der Waals surface area contributed by atoms with Gasteiger partial charge in [-0.1, -0.05) is 48.5 Å². The Kier molecular flexibility index (Phi) is 4.34. The van der Waals surface area contributed by atoms with E-state index in [1.54, 1.807) is 24.3 Å². The molecule has 1 aromatic heterocycles. The topological polar surface area (TPSA) is 46.7 Å². The first-order chi connectivity index (χ1) is 13.1. The zero-order valence-electron chi connectivity index (χ0n) is 14.6. The van der Waals surface area contributed by atoms with Crippen LogP contribution in [-0.4, -0.2) is 10.4 Å². The Bertz CT molecular complexity index is 1150. The molecule has 0 aliphatic carbocycles. The lowest BCUT2D eigenvalue weighted by molar-refractivity contribution is 0.103. The predicted molar refractivity (Wildman–Crippen MR) is 103 cm³/mol. The Morgan fingerprint density at radius 1 is 0.852 bits per heavy atom. The molecule has 0 radical (unpaired) electrons. The highest BCUT2D eigenvalue weighted by atomic mass is 19.1. The molecule has 4 rings (SSSR count). The third-order valence-electron chi connectivity index (χ3n) is 4.42. The van der Waals surface area contributed by atoms with Gasteiger partial charge >= 0.3 is 0 Å². The lowest BCUT2D eigenvalue weighted by atomic mass is 10.1. The van der Waals surface area contributed by atoms with Crippen molar-refractivity contribution in [3.63, 3.8) is 0 Å². The number of fused-ring (bicyclic) bond motifs is 1. The van der Waals surface area contributed by atoms with E-state index in [9.17, 15) is 9.18 Å². The number of halogens is 1. The molecular formula is C22H16FN3O. The van der Waals surface area contributed by atoms with Crippen LogP contribution >= 0.6 is 0 Å². The molecule has 132 valence electrons. The average Bonchev–Trinajstić information content (AvgIpc) is 3.00. The molecule has 4 aromatic rings. The van der Waals surface area contributed by atoms with Crippen molar-refractivity contribution in [3.8, 4) is 0 Å². The van der Waals surface area contributed by atoms with Gasteiger partial charge in [-0.05, 0) is 30.3 Å². The number of nitrogens with zero attached hydrogens (tertiary/aromatic N) is 3. The van der Waals surface area contributed by atoms with Gasteiger partial charge in [0, 0.05) is 18.0 Å². The first-order valence-electron chi connectivity index (χ1n) is 8.49. The van der Waals surface area contributed by atoms with Gasteiger partial charge in [-0.25, -0.2) is 4.39 Å². The summed E-state index contributed by atoms with van der Waals surface area (Å²) in [5.41, 5.74) is 2.97. The first-order valence-corrected chi connectivity index (χ1v) is 8.49. The van der Waals surface area contributed by atoms with Gasteiger partial charge in [-0.3, -0.25) is 4.79 Å². The Balaban J connectivity index is 1.88. The molecule has 0 aliphatic heterocycles. The molecular weight excluding hydrogens is 341 g/mol. The number of ketones is 1. The van der Waals surface area contributed by atoms with E-state index in [0.29, 0.717) is 22.6 Å². The summed E-state index contributed by atoms with van der Waals surface area (Å²) in [6.07, 6.45) is 0. The van der Waals surface area contributed by atoms with Gasteiger partial charge in [0.25, 0.3) is 0 Å². The largest absolute Gasteiger partial charge is 0.339 e. The van der Waals surface area contributed by atoms with Crippen LogP contribution in [0.3, 0.4) is 0 Å². The number of hydrogen-bond donors (Lipinski definition) is 0. The van der Waals surface area contributed by atoms with Crippen molar-refractivity contribution in [1.29, 1.82) is 0 Å². The van der Waals surface area contributed by atoms with Crippen LogP contribution in [0, 0.1) is 5.82 Å². The Hall–Kier alpha value is -3.60. The van der Waals surface area contributed by atoms with E-state index in [1.807, 2.05) is 54.1 Å². The van der Waals surface area contributed by atoms with Crippen LogP contribution in [-0.2, 0) is 7.05 Å². The highest BCUT2D eigenvalue weighted by Crippen LogP contribution is 2.35. The van der Waals surface area contributed by atoms with Crippen molar-refractivity contribution < 1.29 is 9.18 Å². The summed E-state index contributed by atoms with van der Waals surface area (Å²) in [6.45, 7) is 0. The number of benzene rings is 3. The van der Waals surface area contributed by atoms with Crippen LogP contribution in [0.15, 0.2) is 89.1 Å². The van der Waals surface area contributed by atoms with Gasteiger partial charge in [0.1, 0.15) is 17.2 Å². The second-order valence-electron chi connectivity index (χ2n) is 6.14. The van der Waals surface area contributed by atoms with E-state index < -0.39 is 0 Å². The van der Waals surface area contributed by atoms with E-state index in [4.69, 9.17) is 0 Å². The van der Waals surface area contributed by atoms with Crippen LogP contribution in [0.4, 0.5) is 15.8 Å². The number of para-hydroxylation sites is 1. The molecule has 0 atom stereocenters. The molecule has 0 bridgehead atoms. The monoisotopic (exact) mass is 357 g/mol. The van der Waals surface area contributed by atoms with Crippen LogP contribution in [0.2, 0.25) is 0 Å². The maximum atomic E-state index is 13.1. The molecule has 4 nitrogen and oxygen atoms in total. The summed E-state index contributed by atoms with van der Waals surface area (Å²) in [7, 11) is 1.84. The third kappa shape index (κ3) is 3.15. The van der Waals surface area contributed by atoms with Crippen LogP contribution in [0.25, 0.3) is 10.9 Å². The number of carbonyl (C=O) groups is 1. The second-order valence-corrected chi connectivity index (χ2v) is 6.14. The van der Waals surface area contributed by atoms with Gasteiger partial charge in [-0.2, -0.15) is 5.11 Å². The zero-order chi connectivity index (χ0) is 18.8. The van der Waals surface area contributed by atoms with Gasteiger partial charge in [-0.15, -0.1) is 5.11 Å². The molecule has 0 saturated heterocycles. The van der Waals surface area contributed by atoms with Crippen molar-refractivity contribution in [2.75, 3.05) is 0 Å². The van der Waals surface area contributed by atoms with Gasteiger partial charge < -0.3 is 4.57 Å². The second kappa shape index (κ2) is 6.96. The third-order valence-corrected chi connectivity index (χ3v) is 4.42. The van der Waals surface area contributed by atoms with Crippen molar-refractivity contribution >= 4 is 28.1 Å². The van der Waals surface area contributed by atoms with E-state index in [0.717, 1.165) is 10.9 Å². The molecule has 5 heteroatoms. The summed E-state index contributed by atoms with van der Waals surface area (Å²) >= 11 is 0. The molecule has 0 amide bonds. The normalized spacial score (nSPS) is 11.3. The number of hydrogen-bond acceptors (Lipinski definition) is 3. The summed E-state index contributed by atoms with van der Waals surface area (Å²) < 4.78 is 14.9. The predicted octanol–water partition coefficient (Wildman–Crippen LogP) is 5.96. The van der Waals surface area contributed by atoms with Crippen molar-refractivity contribution in [3.05, 3.63) is 95.9 Å². The van der Waals surface area contributed by atoms with Crippen molar-refractivity contribution in [2.45, 2.75) is 0 Å². The quantitative estimate of drug-likeness (QED) is 0.328. The van der Waals surface area contributed by atoms with E-state index >= 15 is 0 Å². The smallest absolute Gasteiger partial charge is 0.211 e. The molecule has 0 unspecified atom stereocenters. The standard InChI is InChI=1S/C22H16FN3O/c1-26-19-10-6-5-9-18(19)20(25-24-17-13-11-16(23)12-14-17)21(26)22(27)15-7-3-2-4-8-15/h2-14H,1H3. The van der Waals surface area contributed by atoms with Gasteiger partial charge in [0.15, 0.2) is 0 Å². The van der Waals surface area contributed by atoms with Crippen LogP contribution < -0.4 is 0 Å². The number of aryl methyl sites for hydroxylation is 1. The lowest BCUT2D eigenvalue weighted by Gasteiger charge is -2.04. The minimum atomic E-state index is -0.334. The summed E-state index contributed by atoms with van der Waals surface area (Å²) in [6, 6.07) is 22.5. The zero-order valence-corrected chi connectivity index (χ0v) is 14.6. The lowest BCUT2D eigenvalue weighted by Crippen LogP contribution is -2.07. The summed E-state index contributed by atoms with van der Waals surface area (Å²) in [5, 5.41) is 9.41. The SMILES string of the molecule is Cn1c(C(=O)c2ccccc2)c(N=Nc2ccc(F)cc2)c2ccccc21. The minimum absolute atomic E-state index is 0.123. The maximum Gasteiger partial charge on any atom is 0.211 e. The first kappa shape index (κ1) is 16.8. The number of azo groups is 1. The average molecular weight is 357 g/mol. The fourth-order valence-electron chi connectivity index (χ4n) is 3.08. The molecule has 1 heterocycles. The number of aromatic nitrogens is 1. The Morgan fingerprint density at radius 2 is 1.52 bits per heavy atom. The summed E-state index contributed by atoms with van der Waals surface area (Å²) in [5.74, 6) is -0.457. The van der Waals surface area contributed by atoms with E-state index in [1.165, 1.54) is 12.1 Å². The van der Waals surface area contributed by atoms with Crippen LogP contribution in [0.1, 0.15) is 16.1 Å². The van der Waals surface area contributed by atoms with E-state index in [2.05, 4.69) is 10.2 Å². The molecule has 0 saturated carbocycles. The summed E-state index contributed by atoms with van der Waals surface area (Å²) in [4.78, 5) is 13.1.